The molecular weight excluding hydrogens is 282 g/mol. The van der Waals surface area contributed by atoms with Gasteiger partial charge in [-0.3, -0.25) is 4.79 Å². The largest absolute Gasteiger partial charge is 0.439 e. The molecule has 1 aromatic heterocycles. The van der Waals surface area contributed by atoms with Crippen molar-refractivity contribution >= 4 is 17.0 Å². The molecule has 0 bridgehead atoms. The van der Waals surface area contributed by atoms with Crippen LogP contribution in [0, 0.1) is 22.7 Å². The van der Waals surface area contributed by atoms with E-state index in [1.54, 1.807) is 18.2 Å². The quantitative estimate of drug-likeness (QED) is 0.856. The number of aromatic nitrogens is 1. The lowest BCUT2D eigenvalue weighted by atomic mass is 10.2. The van der Waals surface area contributed by atoms with E-state index in [9.17, 15) is 4.79 Å². The molecule has 2 aromatic rings. The Morgan fingerprint density at radius 1 is 1.50 bits per heavy atom. The third-order valence-electron chi connectivity index (χ3n) is 3.64. The van der Waals surface area contributed by atoms with Crippen molar-refractivity contribution in [3.05, 3.63) is 29.7 Å². The van der Waals surface area contributed by atoms with E-state index in [0.29, 0.717) is 35.4 Å². The van der Waals surface area contributed by atoms with Crippen LogP contribution in [0.2, 0.25) is 0 Å². The molecule has 1 aliphatic carbocycles. The minimum absolute atomic E-state index is 0.104. The van der Waals surface area contributed by atoms with Gasteiger partial charge in [0.25, 0.3) is 0 Å². The van der Waals surface area contributed by atoms with E-state index in [1.807, 2.05) is 6.07 Å². The molecule has 1 aromatic carbocycles. The van der Waals surface area contributed by atoms with Crippen molar-refractivity contribution in [1.29, 1.82) is 10.5 Å². The SMILES string of the molecule is N#Cc1cccc2nc(C[C@H](N)C(=O)NC3(C#N)CC3)oc12. The van der Waals surface area contributed by atoms with Crippen molar-refractivity contribution in [2.24, 2.45) is 5.73 Å². The van der Waals surface area contributed by atoms with Gasteiger partial charge >= 0.3 is 0 Å². The molecule has 3 N–H and O–H groups in total. The lowest BCUT2D eigenvalue weighted by Gasteiger charge is -2.13. The minimum atomic E-state index is -0.857. The number of amides is 1. The number of benzene rings is 1. The van der Waals surface area contributed by atoms with Gasteiger partial charge in [0.05, 0.1) is 17.7 Å². The number of carbonyl (C=O) groups is 1. The van der Waals surface area contributed by atoms with Crippen LogP contribution in [0.15, 0.2) is 22.6 Å². The molecule has 0 spiro atoms. The second-order valence-electron chi connectivity index (χ2n) is 5.37. The minimum Gasteiger partial charge on any atom is -0.439 e. The molecule has 0 saturated heterocycles. The predicted molar refractivity (Wildman–Crippen MR) is 76.1 cm³/mol. The van der Waals surface area contributed by atoms with Crippen molar-refractivity contribution in [3.63, 3.8) is 0 Å². The van der Waals surface area contributed by atoms with Crippen LogP contribution in [0.1, 0.15) is 24.3 Å². The maximum Gasteiger partial charge on any atom is 0.238 e. The molecule has 1 atom stereocenters. The van der Waals surface area contributed by atoms with Gasteiger partial charge in [-0.05, 0) is 25.0 Å². The lowest BCUT2D eigenvalue weighted by molar-refractivity contribution is -0.123. The van der Waals surface area contributed by atoms with Crippen molar-refractivity contribution in [1.82, 2.24) is 10.3 Å². The first kappa shape index (κ1) is 14.1. The number of carbonyl (C=O) groups excluding carboxylic acids is 1. The van der Waals surface area contributed by atoms with E-state index in [2.05, 4.69) is 16.4 Å². The Kier molecular flexibility index (Phi) is 3.28. The normalized spacial score (nSPS) is 16.5. The van der Waals surface area contributed by atoms with Crippen LogP contribution < -0.4 is 11.1 Å². The molecule has 1 fully saturated rings. The molecule has 22 heavy (non-hydrogen) atoms. The first-order chi connectivity index (χ1) is 10.6. The Morgan fingerprint density at radius 3 is 2.91 bits per heavy atom. The summed E-state index contributed by atoms with van der Waals surface area (Å²) in [6.45, 7) is 0. The molecule has 110 valence electrons. The standard InChI is InChI=1S/C15H13N5O2/c16-7-9-2-1-3-11-13(9)22-12(19-11)6-10(18)14(21)20-15(8-17)4-5-15/h1-3,10H,4-6,18H2,(H,20,21)/t10-/m0/s1. The molecule has 0 unspecified atom stereocenters. The van der Waals surface area contributed by atoms with E-state index in [4.69, 9.17) is 20.7 Å². The number of nitrogens with zero attached hydrogens (tertiary/aromatic N) is 3. The highest BCUT2D eigenvalue weighted by atomic mass is 16.3. The topological polar surface area (TPSA) is 129 Å². The van der Waals surface area contributed by atoms with E-state index in [0.717, 1.165) is 0 Å². The highest BCUT2D eigenvalue weighted by Crippen LogP contribution is 2.34. The van der Waals surface area contributed by atoms with Crippen LogP contribution in [-0.2, 0) is 11.2 Å². The molecular formula is C15H13N5O2. The van der Waals surface area contributed by atoms with Crippen molar-refractivity contribution in [2.75, 3.05) is 0 Å². The average molecular weight is 295 g/mol. The molecule has 7 nitrogen and oxygen atoms in total. The number of nitrogens with two attached hydrogens (primary N) is 1. The average Bonchev–Trinajstić information content (AvgIpc) is 3.17. The molecule has 0 radical (unpaired) electrons. The number of nitrogens with one attached hydrogen (secondary N) is 1. The number of para-hydroxylation sites is 1. The van der Waals surface area contributed by atoms with Crippen molar-refractivity contribution in [2.45, 2.75) is 30.8 Å². The summed E-state index contributed by atoms with van der Waals surface area (Å²) in [5, 5.41) is 20.6. The van der Waals surface area contributed by atoms with Gasteiger partial charge in [0.1, 0.15) is 17.1 Å². The van der Waals surface area contributed by atoms with Gasteiger partial charge in [-0.15, -0.1) is 0 Å². The highest BCUT2D eigenvalue weighted by Gasteiger charge is 2.45. The van der Waals surface area contributed by atoms with Gasteiger partial charge in [0.15, 0.2) is 11.5 Å². The highest BCUT2D eigenvalue weighted by molar-refractivity contribution is 5.83. The van der Waals surface area contributed by atoms with E-state index in [-0.39, 0.29) is 6.42 Å². The van der Waals surface area contributed by atoms with Gasteiger partial charge in [-0.1, -0.05) is 6.07 Å². The molecule has 7 heteroatoms. The molecule has 3 rings (SSSR count). The maximum absolute atomic E-state index is 12.0. The number of fused-ring (bicyclic) bond motifs is 1. The molecule has 1 heterocycles. The van der Waals surface area contributed by atoms with E-state index < -0.39 is 17.5 Å². The summed E-state index contributed by atoms with van der Waals surface area (Å²) in [4.78, 5) is 16.2. The van der Waals surface area contributed by atoms with Crippen LogP contribution in [0.3, 0.4) is 0 Å². The first-order valence-electron chi connectivity index (χ1n) is 6.84. The molecule has 1 aliphatic rings. The Labute approximate surface area is 126 Å². The predicted octanol–water partition coefficient (Wildman–Crippen LogP) is 0.742. The fraction of sp³-hybridized carbons (Fsp3) is 0.333. The summed E-state index contributed by atoms with van der Waals surface area (Å²) in [6, 6.07) is 8.32. The third kappa shape index (κ3) is 2.50. The molecule has 1 saturated carbocycles. The summed E-state index contributed by atoms with van der Waals surface area (Å²) in [7, 11) is 0. The third-order valence-corrected chi connectivity index (χ3v) is 3.64. The molecule has 1 amide bonds. The zero-order valence-electron chi connectivity index (χ0n) is 11.7. The number of rotatable bonds is 4. The second-order valence-corrected chi connectivity index (χ2v) is 5.37. The maximum atomic E-state index is 12.0. The van der Waals surface area contributed by atoms with Gasteiger partial charge in [-0.25, -0.2) is 4.98 Å². The second kappa shape index (κ2) is 5.14. The Balaban J connectivity index is 1.74. The van der Waals surface area contributed by atoms with Crippen LogP contribution >= 0.6 is 0 Å². The van der Waals surface area contributed by atoms with Crippen LogP contribution in [0.25, 0.3) is 11.1 Å². The number of hydrogen-bond donors (Lipinski definition) is 2. The number of oxazole rings is 1. The Bertz CT molecular complexity index is 823. The zero-order valence-corrected chi connectivity index (χ0v) is 11.7. The summed E-state index contributed by atoms with van der Waals surface area (Å²) in [5.74, 6) is -0.107. The van der Waals surface area contributed by atoms with Gasteiger partial charge in [0, 0.05) is 6.42 Å². The summed E-state index contributed by atoms with van der Waals surface area (Å²) >= 11 is 0. The number of hydrogen-bond acceptors (Lipinski definition) is 6. The number of nitriles is 2. The first-order valence-corrected chi connectivity index (χ1v) is 6.84. The lowest BCUT2D eigenvalue weighted by Crippen LogP contribution is -2.47. The van der Waals surface area contributed by atoms with Gasteiger partial charge in [0.2, 0.25) is 5.91 Å². The fourth-order valence-corrected chi connectivity index (χ4v) is 2.17. The summed E-state index contributed by atoms with van der Waals surface area (Å²) in [5.41, 5.74) is 6.43. The van der Waals surface area contributed by atoms with Crippen LogP contribution in [0.4, 0.5) is 0 Å². The van der Waals surface area contributed by atoms with Crippen molar-refractivity contribution in [3.8, 4) is 12.1 Å². The molecule has 0 aliphatic heterocycles. The van der Waals surface area contributed by atoms with E-state index >= 15 is 0 Å². The van der Waals surface area contributed by atoms with Gasteiger partial charge in [-0.2, -0.15) is 10.5 Å². The van der Waals surface area contributed by atoms with Crippen molar-refractivity contribution < 1.29 is 9.21 Å². The smallest absolute Gasteiger partial charge is 0.238 e. The van der Waals surface area contributed by atoms with Crippen LogP contribution in [0.5, 0.6) is 0 Å². The Hall–Kier alpha value is -2.90. The fourth-order valence-electron chi connectivity index (χ4n) is 2.17. The van der Waals surface area contributed by atoms with Gasteiger partial charge < -0.3 is 15.5 Å². The Morgan fingerprint density at radius 2 is 2.27 bits per heavy atom. The summed E-state index contributed by atoms with van der Waals surface area (Å²) < 4.78 is 5.52. The van der Waals surface area contributed by atoms with E-state index in [1.165, 1.54) is 0 Å². The summed E-state index contributed by atoms with van der Waals surface area (Å²) in [6.07, 6.45) is 1.40. The zero-order chi connectivity index (χ0) is 15.7. The monoisotopic (exact) mass is 295 g/mol. The van der Waals surface area contributed by atoms with Crippen LogP contribution in [-0.4, -0.2) is 22.5 Å².